The first-order valence-corrected chi connectivity index (χ1v) is 5.17. The number of hydrogen-bond acceptors (Lipinski definition) is 2. The summed E-state index contributed by atoms with van der Waals surface area (Å²) in [5.41, 5.74) is 6.05. The highest BCUT2D eigenvalue weighted by molar-refractivity contribution is 5.65. The van der Waals surface area contributed by atoms with E-state index in [1.807, 2.05) is 0 Å². The van der Waals surface area contributed by atoms with Crippen LogP contribution in [-0.2, 0) is 0 Å². The molecule has 1 heterocycles. The van der Waals surface area contributed by atoms with Gasteiger partial charge in [0.15, 0.2) is 0 Å². The van der Waals surface area contributed by atoms with E-state index in [1.54, 1.807) is 0 Å². The zero-order valence-corrected chi connectivity index (χ0v) is 8.94. The van der Waals surface area contributed by atoms with E-state index in [4.69, 9.17) is 10.8 Å². The molecule has 6 heteroatoms. The van der Waals surface area contributed by atoms with Crippen molar-refractivity contribution in [3.8, 4) is 0 Å². The number of carbonyl (C=O) groups is 1. The molecule has 1 saturated heterocycles. The van der Waals surface area contributed by atoms with Gasteiger partial charge in [-0.05, 0) is 11.6 Å². The van der Waals surface area contributed by atoms with Gasteiger partial charge in [0.2, 0.25) is 0 Å². The molecule has 0 aromatic heterocycles. The summed E-state index contributed by atoms with van der Waals surface area (Å²) in [6.45, 7) is 0.301. The van der Waals surface area contributed by atoms with Crippen LogP contribution in [0.2, 0.25) is 0 Å². The molecule has 2 rings (SSSR count). The highest BCUT2D eigenvalue weighted by Crippen LogP contribution is 2.28. The molecule has 4 nitrogen and oxygen atoms in total. The third-order valence-corrected chi connectivity index (χ3v) is 3.00. The average Bonchev–Trinajstić information content (AvgIpc) is 2.61. The molecular weight excluding hydrogens is 230 g/mol. The van der Waals surface area contributed by atoms with E-state index in [2.05, 4.69) is 0 Å². The summed E-state index contributed by atoms with van der Waals surface area (Å²) in [4.78, 5) is 11.9. The van der Waals surface area contributed by atoms with Crippen LogP contribution in [0.25, 0.3) is 0 Å². The standard InChI is InChI=1S/C11H12F2N2O2/c12-6-1-2-7(9(13)3-6)8-4-15(11(16)17)5-10(8)14/h1-3,8,10H,4-5,14H2,(H,16,17)/t8-,10+/m0/s1. The molecule has 0 spiro atoms. The molecule has 1 aliphatic heterocycles. The Morgan fingerprint density at radius 2 is 2.12 bits per heavy atom. The maximum absolute atomic E-state index is 13.5. The zero-order chi connectivity index (χ0) is 12.6. The Morgan fingerprint density at radius 1 is 1.41 bits per heavy atom. The minimum absolute atomic E-state index is 0.138. The SMILES string of the molecule is N[C@@H]1CN(C(=O)O)C[C@H]1c1ccc(F)cc1F. The molecule has 0 radical (unpaired) electrons. The van der Waals surface area contributed by atoms with Gasteiger partial charge in [0.05, 0.1) is 0 Å². The highest BCUT2D eigenvalue weighted by atomic mass is 19.1. The van der Waals surface area contributed by atoms with Crippen molar-refractivity contribution in [2.75, 3.05) is 13.1 Å². The maximum Gasteiger partial charge on any atom is 0.407 e. The largest absolute Gasteiger partial charge is 0.465 e. The number of benzene rings is 1. The number of carboxylic acid groups (broad SMARTS) is 1. The van der Waals surface area contributed by atoms with E-state index in [0.29, 0.717) is 0 Å². The van der Waals surface area contributed by atoms with Crippen molar-refractivity contribution in [1.82, 2.24) is 4.90 Å². The molecule has 0 unspecified atom stereocenters. The van der Waals surface area contributed by atoms with Crippen molar-refractivity contribution in [2.24, 2.45) is 5.73 Å². The summed E-state index contributed by atoms with van der Waals surface area (Å²) >= 11 is 0. The van der Waals surface area contributed by atoms with Crippen LogP contribution in [0.5, 0.6) is 0 Å². The lowest BCUT2D eigenvalue weighted by Crippen LogP contribution is -2.31. The van der Waals surface area contributed by atoms with Gasteiger partial charge in [-0.15, -0.1) is 0 Å². The fourth-order valence-electron chi connectivity index (χ4n) is 2.12. The molecule has 2 atom stereocenters. The van der Waals surface area contributed by atoms with Crippen molar-refractivity contribution in [1.29, 1.82) is 0 Å². The average molecular weight is 242 g/mol. The van der Waals surface area contributed by atoms with E-state index >= 15 is 0 Å². The van der Waals surface area contributed by atoms with Crippen LogP contribution in [0.15, 0.2) is 18.2 Å². The molecule has 1 aromatic carbocycles. The summed E-state index contributed by atoms with van der Waals surface area (Å²) in [6, 6.07) is 2.78. The van der Waals surface area contributed by atoms with Gasteiger partial charge in [-0.25, -0.2) is 13.6 Å². The number of hydrogen-bond donors (Lipinski definition) is 2. The first-order valence-electron chi connectivity index (χ1n) is 5.17. The van der Waals surface area contributed by atoms with Crippen molar-refractivity contribution in [3.05, 3.63) is 35.4 Å². The fraction of sp³-hybridized carbons (Fsp3) is 0.364. The van der Waals surface area contributed by atoms with Crippen molar-refractivity contribution >= 4 is 6.09 Å². The van der Waals surface area contributed by atoms with Crippen LogP contribution in [0.3, 0.4) is 0 Å². The second kappa shape index (κ2) is 4.29. The topological polar surface area (TPSA) is 66.6 Å². The predicted octanol–water partition coefficient (Wildman–Crippen LogP) is 1.37. The van der Waals surface area contributed by atoms with Crippen LogP contribution in [0.4, 0.5) is 13.6 Å². The third-order valence-electron chi connectivity index (χ3n) is 3.00. The number of nitrogens with zero attached hydrogens (tertiary/aromatic N) is 1. The molecular formula is C11H12F2N2O2. The van der Waals surface area contributed by atoms with Gasteiger partial charge < -0.3 is 15.7 Å². The molecule has 1 aromatic rings. The van der Waals surface area contributed by atoms with Gasteiger partial charge in [-0.2, -0.15) is 0 Å². The summed E-state index contributed by atoms with van der Waals surface area (Å²) < 4.78 is 26.3. The first kappa shape index (κ1) is 11.8. The number of nitrogens with two attached hydrogens (primary N) is 1. The normalized spacial score (nSPS) is 24.1. The van der Waals surface area contributed by atoms with E-state index in [-0.39, 0.29) is 18.7 Å². The Morgan fingerprint density at radius 3 is 2.65 bits per heavy atom. The Hall–Kier alpha value is -1.69. The Kier molecular flexibility index (Phi) is 2.97. The molecule has 1 amide bonds. The molecule has 0 aliphatic carbocycles. The molecule has 0 saturated carbocycles. The van der Waals surface area contributed by atoms with Gasteiger partial charge in [-0.3, -0.25) is 0 Å². The number of rotatable bonds is 1. The monoisotopic (exact) mass is 242 g/mol. The lowest BCUT2D eigenvalue weighted by atomic mass is 9.94. The summed E-state index contributed by atoms with van der Waals surface area (Å²) in [7, 11) is 0. The van der Waals surface area contributed by atoms with E-state index < -0.39 is 29.7 Å². The van der Waals surface area contributed by atoms with Crippen molar-refractivity contribution < 1.29 is 18.7 Å². The van der Waals surface area contributed by atoms with Crippen LogP contribution < -0.4 is 5.73 Å². The van der Waals surface area contributed by atoms with Crippen LogP contribution >= 0.6 is 0 Å². The van der Waals surface area contributed by atoms with Crippen LogP contribution in [0, 0.1) is 11.6 Å². The highest BCUT2D eigenvalue weighted by Gasteiger charge is 2.35. The summed E-state index contributed by atoms with van der Waals surface area (Å²) in [5.74, 6) is -1.77. The minimum Gasteiger partial charge on any atom is -0.465 e. The molecule has 92 valence electrons. The molecule has 1 aliphatic rings. The number of amides is 1. The molecule has 3 N–H and O–H groups in total. The minimum atomic E-state index is -1.08. The van der Waals surface area contributed by atoms with Crippen molar-refractivity contribution in [2.45, 2.75) is 12.0 Å². The second-order valence-electron chi connectivity index (χ2n) is 4.12. The molecule has 0 bridgehead atoms. The first-order chi connectivity index (χ1) is 7.99. The fourth-order valence-corrected chi connectivity index (χ4v) is 2.12. The van der Waals surface area contributed by atoms with E-state index in [1.165, 1.54) is 6.07 Å². The molecule has 17 heavy (non-hydrogen) atoms. The number of likely N-dealkylation sites (tertiary alicyclic amines) is 1. The lowest BCUT2D eigenvalue weighted by molar-refractivity contribution is 0.154. The summed E-state index contributed by atoms with van der Waals surface area (Å²) in [5, 5.41) is 8.83. The Bertz CT molecular complexity index is 453. The van der Waals surface area contributed by atoms with E-state index in [0.717, 1.165) is 17.0 Å². The second-order valence-corrected chi connectivity index (χ2v) is 4.12. The van der Waals surface area contributed by atoms with Gasteiger partial charge in [0.1, 0.15) is 11.6 Å². The summed E-state index contributed by atoms with van der Waals surface area (Å²) in [6.07, 6.45) is -1.08. The van der Waals surface area contributed by atoms with Crippen LogP contribution in [-0.4, -0.2) is 35.2 Å². The van der Waals surface area contributed by atoms with Gasteiger partial charge >= 0.3 is 6.09 Å². The lowest BCUT2D eigenvalue weighted by Gasteiger charge is -2.15. The third kappa shape index (κ3) is 2.21. The molecule has 1 fully saturated rings. The number of halogens is 2. The van der Waals surface area contributed by atoms with Crippen LogP contribution in [0.1, 0.15) is 11.5 Å². The Balaban J connectivity index is 2.26. The Labute approximate surface area is 96.6 Å². The zero-order valence-electron chi connectivity index (χ0n) is 8.94. The predicted molar refractivity (Wildman–Crippen MR) is 56.7 cm³/mol. The maximum atomic E-state index is 13.5. The van der Waals surface area contributed by atoms with E-state index in [9.17, 15) is 13.6 Å². The quantitative estimate of drug-likeness (QED) is 0.781. The van der Waals surface area contributed by atoms with Crippen molar-refractivity contribution in [3.63, 3.8) is 0 Å². The van der Waals surface area contributed by atoms with Gasteiger partial charge in [0, 0.05) is 31.1 Å². The van der Waals surface area contributed by atoms with Gasteiger partial charge in [0.25, 0.3) is 0 Å². The smallest absolute Gasteiger partial charge is 0.407 e. The van der Waals surface area contributed by atoms with Gasteiger partial charge in [-0.1, -0.05) is 6.07 Å².